The number of Topliss-reactive ketones (excluding diaryl/α,β-unsaturated/α-hetero) is 2. The number of aliphatic hydroxyl groups is 1. The molecular weight excluding hydrogens is 1100 g/mol. The van der Waals surface area contributed by atoms with Gasteiger partial charge in [-0.15, -0.1) is 0 Å². The average molecular weight is 1170 g/mol. The SMILES string of the molecule is CC[C@@]1(O)C(=O)OCc2c1cc1n(c2=O)Cc2c-1nc1cc(F)c(C)c3c1c2[C@@H](NC(=O)CCCNC(=O)[C@@H](CC(=O)CNC(=O)CCC(=O)[C@H](CC(=O)OC(C)(C)C)NC(=O)OCC1c2ccccc2-c2ccccc21)Cc1ccccc1)CC3. The largest absolute Gasteiger partial charge is 0.460 e. The van der Waals surface area contributed by atoms with Gasteiger partial charge in [-0.1, -0.05) is 85.8 Å². The van der Waals surface area contributed by atoms with Gasteiger partial charge in [-0.2, -0.15) is 0 Å². The number of nitrogens with zero attached hydrogens (tertiary/aromatic N) is 2. The summed E-state index contributed by atoms with van der Waals surface area (Å²) in [4.78, 5) is 126. The molecule has 0 fully saturated rings. The first-order valence-electron chi connectivity index (χ1n) is 29.2. The summed E-state index contributed by atoms with van der Waals surface area (Å²) in [5.74, 6) is -5.67. The monoisotopic (exact) mass is 1170 g/mol. The average Bonchev–Trinajstić information content (AvgIpc) is 1.45. The van der Waals surface area contributed by atoms with Crippen molar-refractivity contribution in [3.8, 4) is 22.5 Å². The lowest BCUT2D eigenvalue weighted by Crippen LogP contribution is -2.44. The maximum absolute atomic E-state index is 15.5. The predicted octanol–water partition coefficient (Wildman–Crippen LogP) is 7.45. The van der Waals surface area contributed by atoms with Crippen molar-refractivity contribution in [1.82, 2.24) is 30.8 Å². The van der Waals surface area contributed by atoms with Crippen molar-refractivity contribution in [2.45, 2.75) is 141 Å². The third kappa shape index (κ3) is 12.6. The van der Waals surface area contributed by atoms with Crippen LogP contribution in [0.3, 0.4) is 0 Å². The highest BCUT2D eigenvalue weighted by Crippen LogP contribution is 2.47. The van der Waals surface area contributed by atoms with Crippen LogP contribution in [-0.4, -0.2) is 93.3 Å². The highest BCUT2D eigenvalue weighted by Gasteiger charge is 2.46. The summed E-state index contributed by atoms with van der Waals surface area (Å²) in [6.45, 7) is 7.68. The Labute approximate surface area is 495 Å². The molecule has 2 aliphatic carbocycles. The summed E-state index contributed by atoms with van der Waals surface area (Å²) in [6.07, 6.45) is -1.24. The lowest BCUT2D eigenvalue weighted by atomic mass is 9.81. The molecule has 0 unspecified atom stereocenters. The lowest BCUT2D eigenvalue weighted by Gasteiger charge is -2.31. The molecule has 0 bridgehead atoms. The molecule has 2 aromatic heterocycles. The van der Waals surface area contributed by atoms with Crippen LogP contribution in [0.2, 0.25) is 0 Å². The third-order valence-corrected chi connectivity index (χ3v) is 16.7. The van der Waals surface area contributed by atoms with E-state index in [1.165, 1.54) is 10.6 Å². The molecule has 6 aromatic rings. The summed E-state index contributed by atoms with van der Waals surface area (Å²) < 4.78 is 33.4. The fourth-order valence-corrected chi connectivity index (χ4v) is 12.3. The number of hydrogen-bond acceptors (Lipinski definition) is 14. The summed E-state index contributed by atoms with van der Waals surface area (Å²) >= 11 is 0. The van der Waals surface area contributed by atoms with Gasteiger partial charge >= 0.3 is 18.0 Å². The van der Waals surface area contributed by atoms with E-state index in [4.69, 9.17) is 19.2 Å². The number of nitrogens with one attached hydrogen (secondary N) is 4. The van der Waals surface area contributed by atoms with Gasteiger partial charge in [-0.05, 0) is 110 Å². The number of alkyl carbamates (subject to hydrolysis) is 1. The highest BCUT2D eigenvalue weighted by molar-refractivity contribution is 5.96. The third-order valence-electron chi connectivity index (χ3n) is 16.7. The summed E-state index contributed by atoms with van der Waals surface area (Å²) in [5.41, 5.74) is 5.39. The summed E-state index contributed by atoms with van der Waals surface area (Å²) in [7, 11) is 0. The molecule has 4 heterocycles. The zero-order valence-electron chi connectivity index (χ0n) is 48.7. The molecule has 0 spiro atoms. The van der Waals surface area contributed by atoms with Gasteiger partial charge in [0, 0.05) is 66.6 Å². The first-order chi connectivity index (χ1) is 41.1. The van der Waals surface area contributed by atoms with E-state index in [2.05, 4.69) is 21.3 Å². The number of rotatable bonds is 22. The fraction of sp³-hybridized carbons (Fsp3) is 0.394. The zero-order chi connectivity index (χ0) is 61.2. The van der Waals surface area contributed by atoms with E-state index < -0.39 is 101 Å². The number of aryl methyl sites for hydroxylation is 1. The van der Waals surface area contributed by atoms with Gasteiger partial charge in [0.05, 0.1) is 48.0 Å². The van der Waals surface area contributed by atoms with Crippen molar-refractivity contribution in [1.29, 1.82) is 0 Å². The van der Waals surface area contributed by atoms with Crippen molar-refractivity contribution in [3.05, 3.63) is 157 Å². The smallest absolute Gasteiger partial charge is 0.407 e. The van der Waals surface area contributed by atoms with Crippen molar-refractivity contribution in [2.24, 2.45) is 5.92 Å². The Balaban J connectivity index is 0.734. The Bertz CT molecular complexity index is 3750. The van der Waals surface area contributed by atoms with E-state index >= 15 is 4.39 Å². The highest BCUT2D eigenvalue weighted by atomic mass is 19.1. The molecule has 0 saturated carbocycles. The number of cyclic esters (lactones) is 1. The Morgan fingerprint density at radius 3 is 2.26 bits per heavy atom. The topological polar surface area (TPSA) is 267 Å². The number of benzene rings is 4. The van der Waals surface area contributed by atoms with Crippen LogP contribution in [0.4, 0.5) is 9.18 Å². The molecule has 20 heteroatoms. The van der Waals surface area contributed by atoms with Gasteiger partial charge in [0.1, 0.15) is 30.7 Å². The maximum atomic E-state index is 15.5. The molecule has 0 saturated heterocycles. The molecule has 4 atom stereocenters. The van der Waals surface area contributed by atoms with Gasteiger partial charge in [0.15, 0.2) is 17.2 Å². The Kier molecular flexibility index (Phi) is 17.5. The number of fused-ring (bicyclic) bond motifs is 8. The van der Waals surface area contributed by atoms with Gasteiger partial charge in [0.25, 0.3) is 5.56 Å². The molecule has 448 valence electrons. The minimum Gasteiger partial charge on any atom is -0.460 e. The second-order valence-corrected chi connectivity index (χ2v) is 23.6. The van der Waals surface area contributed by atoms with E-state index in [9.17, 15) is 48.3 Å². The Morgan fingerprint density at radius 1 is 0.860 bits per heavy atom. The van der Waals surface area contributed by atoms with Crippen LogP contribution < -0.4 is 26.8 Å². The number of esters is 2. The normalized spacial score (nSPS) is 16.9. The van der Waals surface area contributed by atoms with Crippen LogP contribution in [0, 0.1) is 18.7 Å². The van der Waals surface area contributed by atoms with Gasteiger partial charge in [-0.3, -0.25) is 33.6 Å². The van der Waals surface area contributed by atoms with Crippen molar-refractivity contribution in [2.75, 3.05) is 19.7 Å². The van der Waals surface area contributed by atoms with E-state index in [0.717, 1.165) is 33.4 Å². The van der Waals surface area contributed by atoms with Crippen LogP contribution in [0.5, 0.6) is 0 Å². The quantitative estimate of drug-likeness (QED) is 0.0251. The first-order valence-corrected chi connectivity index (χ1v) is 29.2. The predicted molar refractivity (Wildman–Crippen MR) is 314 cm³/mol. The molecule has 4 aliphatic rings. The van der Waals surface area contributed by atoms with Crippen LogP contribution in [0.15, 0.2) is 95.8 Å². The second-order valence-electron chi connectivity index (χ2n) is 23.6. The van der Waals surface area contributed by atoms with Crippen LogP contribution >= 0.6 is 0 Å². The molecule has 4 amide bonds. The van der Waals surface area contributed by atoms with Crippen LogP contribution in [0.1, 0.15) is 141 Å². The lowest BCUT2D eigenvalue weighted by molar-refractivity contribution is -0.172. The summed E-state index contributed by atoms with van der Waals surface area (Å²) in [6, 6.07) is 25.7. The Hall–Kier alpha value is -8.91. The van der Waals surface area contributed by atoms with Gasteiger partial charge < -0.3 is 45.2 Å². The number of amides is 4. The molecule has 86 heavy (non-hydrogen) atoms. The summed E-state index contributed by atoms with van der Waals surface area (Å²) in [5, 5.41) is 23.2. The molecule has 10 rings (SSSR count). The molecule has 5 N–H and O–H groups in total. The van der Waals surface area contributed by atoms with E-state index in [-0.39, 0.29) is 87.8 Å². The van der Waals surface area contributed by atoms with E-state index in [1.54, 1.807) is 40.7 Å². The number of hydrogen-bond donors (Lipinski definition) is 5. The van der Waals surface area contributed by atoms with Gasteiger partial charge in [0.2, 0.25) is 17.7 Å². The number of pyridine rings is 2. The van der Waals surface area contributed by atoms with Crippen molar-refractivity contribution in [3.63, 3.8) is 0 Å². The number of ether oxygens (including phenoxy) is 3. The molecule has 2 aliphatic heterocycles. The van der Waals surface area contributed by atoms with Crippen molar-refractivity contribution < 1.29 is 62.1 Å². The number of aromatic nitrogens is 2. The number of ketones is 2. The Morgan fingerprint density at radius 2 is 1.56 bits per heavy atom. The van der Waals surface area contributed by atoms with Crippen LogP contribution in [-0.2, 0) is 79.4 Å². The van der Waals surface area contributed by atoms with Gasteiger partial charge in [-0.25, -0.2) is 19.0 Å². The zero-order valence-corrected chi connectivity index (χ0v) is 48.7. The molecule has 4 aromatic carbocycles. The van der Waals surface area contributed by atoms with Crippen molar-refractivity contribution >= 4 is 58.2 Å². The number of carbonyl (C=O) groups is 8. The number of halogens is 1. The number of carbonyl (C=O) groups excluding carboxylic acids is 8. The van der Waals surface area contributed by atoms with E-state index in [0.29, 0.717) is 51.8 Å². The molecule has 0 radical (unpaired) electrons. The minimum absolute atomic E-state index is 0.00255. The first kappa shape index (κ1) is 60.2. The molecule has 19 nitrogen and oxygen atoms in total. The second kappa shape index (κ2) is 25.0. The maximum Gasteiger partial charge on any atom is 0.407 e. The van der Waals surface area contributed by atoms with Crippen LogP contribution in [0.25, 0.3) is 33.4 Å². The molecular formula is C66H69FN6O13. The fourth-order valence-electron chi connectivity index (χ4n) is 12.3. The van der Waals surface area contributed by atoms with E-state index in [1.807, 2.05) is 78.9 Å². The minimum atomic E-state index is -2.05. The standard InChI is InChI=1S/C66H69FN6O13/c1-6-66(83)48-29-53-60-45(33-73(53)62(80)47(48)35-84-63(66)81)59-50(23-22-40-36(2)49(67)30-52(71-60)58(40)59)70-56(77)21-14-26-68-61(79)38(27-37-15-8-7-9-16-37)28-39(74)32-69-55(76)25-24-54(75)51(31-57(78)86-65(3,4)5)72-64(82)85-34-46-43-19-12-10-17-41(43)42-18-11-13-20-44(42)46/h7-13,15-20,29-30,38,46,50-51,83H,6,14,21-28,31-35H2,1-5H3,(H,68,79)(H,69,76)(H,70,77)(H,72,82)/t38-,50+,51+,66+/m1/s1.